The van der Waals surface area contributed by atoms with Crippen molar-refractivity contribution in [2.45, 2.75) is 51.4 Å². The molecule has 0 unspecified atom stereocenters. The summed E-state index contributed by atoms with van der Waals surface area (Å²) in [5.41, 5.74) is -0.275. The lowest BCUT2D eigenvalue weighted by Crippen LogP contribution is -2.44. The van der Waals surface area contributed by atoms with Gasteiger partial charge in [-0.3, -0.25) is 4.90 Å². The zero-order chi connectivity index (χ0) is 20.2. The van der Waals surface area contributed by atoms with Gasteiger partial charge in [0.1, 0.15) is 18.2 Å². The summed E-state index contributed by atoms with van der Waals surface area (Å²) >= 11 is 0. The van der Waals surface area contributed by atoms with Crippen molar-refractivity contribution in [1.29, 1.82) is 0 Å². The van der Waals surface area contributed by atoms with Crippen molar-refractivity contribution in [2.24, 2.45) is 0 Å². The number of amides is 1. The minimum atomic E-state index is -3.30. The second-order valence-electron chi connectivity index (χ2n) is 7.13. The smallest absolute Gasteiger partial charge is 0.444 e. The fraction of sp³-hybridized carbons (Fsp3) is 0.500. The molecule has 0 N–H and O–H groups in total. The van der Waals surface area contributed by atoms with Crippen LogP contribution in [-0.2, 0) is 25.6 Å². The molecule has 2 rings (SSSR count). The van der Waals surface area contributed by atoms with Crippen LogP contribution in [0.15, 0.2) is 30.3 Å². The summed E-state index contributed by atoms with van der Waals surface area (Å²) in [5.74, 6) is -4.59. The number of carbonyl (C=O) groups is 3. The number of hydrogen-bond acceptors (Lipinski definition) is 6. The first kappa shape index (κ1) is 20.6. The fourth-order valence-electron chi connectivity index (χ4n) is 2.44. The Kier molecular flexibility index (Phi) is 6.02. The van der Waals surface area contributed by atoms with Gasteiger partial charge in [0.2, 0.25) is 0 Å². The van der Waals surface area contributed by atoms with Gasteiger partial charge in [-0.25, -0.2) is 23.2 Å². The normalized spacial score (nSPS) is 18.7. The molecule has 27 heavy (non-hydrogen) atoms. The Morgan fingerprint density at radius 1 is 1.19 bits per heavy atom. The Bertz CT molecular complexity index is 702. The largest absolute Gasteiger partial charge is 0.516 e. The van der Waals surface area contributed by atoms with Crippen molar-refractivity contribution < 1.29 is 37.4 Å². The molecular weight excluding hydrogens is 364 g/mol. The Hall–Kier alpha value is -2.71. The van der Waals surface area contributed by atoms with Gasteiger partial charge in [-0.2, -0.15) is 0 Å². The van der Waals surface area contributed by atoms with Gasteiger partial charge in [-0.1, -0.05) is 30.3 Å². The van der Waals surface area contributed by atoms with Crippen LogP contribution in [0.1, 0.15) is 32.8 Å². The maximum atomic E-state index is 13.7. The molecule has 0 aliphatic carbocycles. The minimum absolute atomic E-state index is 0.149. The van der Waals surface area contributed by atoms with Gasteiger partial charge in [0.05, 0.1) is 6.54 Å². The highest BCUT2D eigenvalue weighted by Gasteiger charge is 2.52. The SMILES string of the molecule is CC(C)(C)OC(=O)N1CC(F)(F)C[C@H]1C(=O)OC(=O)OCc1ccccc1. The molecule has 1 saturated heterocycles. The van der Waals surface area contributed by atoms with Gasteiger partial charge >= 0.3 is 18.2 Å². The summed E-state index contributed by atoms with van der Waals surface area (Å²) in [4.78, 5) is 36.5. The molecule has 1 atom stereocenters. The van der Waals surface area contributed by atoms with Gasteiger partial charge < -0.3 is 14.2 Å². The molecule has 7 nitrogen and oxygen atoms in total. The third-order valence-corrected chi connectivity index (χ3v) is 3.55. The van der Waals surface area contributed by atoms with Crippen LogP contribution in [0.4, 0.5) is 18.4 Å². The minimum Gasteiger partial charge on any atom is -0.444 e. The molecule has 0 spiro atoms. The van der Waals surface area contributed by atoms with E-state index in [-0.39, 0.29) is 6.61 Å². The van der Waals surface area contributed by atoms with Crippen molar-refractivity contribution in [3.8, 4) is 0 Å². The lowest BCUT2D eigenvalue weighted by atomic mass is 10.2. The Balaban J connectivity index is 1.97. The molecule has 1 aromatic carbocycles. The molecule has 1 fully saturated rings. The van der Waals surface area contributed by atoms with Crippen LogP contribution in [0.3, 0.4) is 0 Å². The number of benzene rings is 1. The van der Waals surface area contributed by atoms with E-state index in [1.54, 1.807) is 51.1 Å². The molecule has 148 valence electrons. The predicted molar refractivity (Wildman–Crippen MR) is 89.0 cm³/mol. The molecule has 1 amide bonds. The quantitative estimate of drug-likeness (QED) is 0.585. The topological polar surface area (TPSA) is 82.1 Å². The summed E-state index contributed by atoms with van der Waals surface area (Å²) in [6.45, 7) is 3.54. The average Bonchev–Trinajstić information content (AvgIpc) is 2.88. The molecule has 1 aliphatic heterocycles. The maximum Gasteiger partial charge on any atom is 0.516 e. The van der Waals surface area contributed by atoms with Crippen molar-refractivity contribution in [2.75, 3.05) is 6.54 Å². The van der Waals surface area contributed by atoms with Gasteiger partial charge in [0, 0.05) is 6.42 Å². The highest BCUT2D eigenvalue weighted by molar-refractivity contribution is 5.88. The third-order valence-electron chi connectivity index (χ3n) is 3.55. The van der Waals surface area contributed by atoms with E-state index in [0.29, 0.717) is 10.5 Å². The molecular formula is C18H21F2NO6. The molecule has 0 aromatic heterocycles. The van der Waals surface area contributed by atoms with Crippen LogP contribution in [-0.4, -0.2) is 47.2 Å². The molecule has 0 radical (unpaired) electrons. The van der Waals surface area contributed by atoms with Crippen LogP contribution < -0.4 is 0 Å². The Morgan fingerprint density at radius 2 is 1.81 bits per heavy atom. The number of rotatable bonds is 3. The Morgan fingerprint density at radius 3 is 2.41 bits per heavy atom. The van der Waals surface area contributed by atoms with E-state index in [1.165, 1.54) is 0 Å². The summed E-state index contributed by atoms with van der Waals surface area (Å²) in [6, 6.07) is 6.98. The lowest BCUT2D eigenvalue weighted by Gasteiger charge is -2.26. The first-order valence-corrected chi connectivity index (χ1v) is 8.27. The third kappa shape index (κ3) is 6.19. The van der Waals surface area contributed by atoms with Crippen LogP contribution in [0.25, 0.3) is 0 Å². The number of esters is 1. The Labute approximate surface area is 155 Å². The van der Waals surface area contributed by atoms with E-state index in [4.69, 9.17) is 9.47 Å². The fourth-order valence-corrected chi connectivity index (χ4v) is 2.44. The summed E-state index contributed by atoms with van der Waals surface area (Å²) in [5, 5.41) is 0. The summed E-state index contributed by atoms with van der Waals surface area (Å²) < 4.78 is 41.8. The van der Waals surface area contributed by atoms with Crippen LogP contribution >= 0.6 is 0 Å². The number of halogens is 2. The molecule has 1 heterocycles. The monoisotopic (exact) mass is 385 g/mol. The highest BCUT2D eigenvalue weighted by atomic mass is 19.3. The molecule has 1 aromatic rings. The van der Waals surface area contributed by atoms with Crippen molar-refractivity contribution in [1.82, 2.24) is 4.90 Å². The van der Waals surface area contributed by atoms with Crippen molar-refractivity contribution in [3.63, 3.8) is 0 Å². The van der Waals surface area contributed by atoms with Crippen molar-refractivity contribution >= 4 is 18.2 Å². The second kappa shape index (κ2) is 7.89. The molecule has 9 heteroatoms. The first-order valence-electron chi connectivity index (χ1n) is 8.27. The van der Waals surface area contributed by atoms with Gasteiger partial charge in [-0.05, 0) is 26.3 Å². The zero-order valence-electron chi connectivity index (χ0n) is 15.2. The van der Waals surface area contributed by atoms with Gasteiger partial charge in [0.25, 0.3) is 5.92 Å². The van der Waals surface area contributed by atoms with Crippen molar-refractivity contribution in [3.05, 3.63) is 35.9 Å². The molecule has 0 bridgehead atoms. The number of likely N-dealkylation sites (tertiary alicyclic amines) is 1. The number of hydrogen-bond donors (Lipinski definition) is 0. The maximum absolute atomic E-state index is 13.7. The van der Waals surface area contributed by atoms with E-state index in [1.807, 2.05) is 0 Å². The van der Waals surface area contributed by atoms with E-state index < -0.39 is 48.7 Å². The number of nitrogens with zero attached hydrogens (tertiary/aromatic N) is 1. The molecule has 1 aliphatic rings. The van der Waals surface area contributed by atoms with E-state index in [0.717, 1.165) is 0 Å². The average molecular weight is 385 g/mol. The predicted octanol–water partition coefficient (Wildman–Crippen LogP) is 3.51. The van der Waals surface area contributed by atoms with Gasteiger partial charge in [-0.15, -0.1) is 0 Å². The van der Waals surface area contributed by atoms with Gasteiger partial charge in [0.15, 0.2) is 0 Å². The first-order chi connectivity index (χ1) is 12.5. The summed E-state index contributed by atoms with van der Waals surface area (Å²) in [7, 11) is 0. The standard InChI is InChI=1S/C18H21F2NO6/c1-17(2,3)27-15(23)21-11-18(19,20)9-13(21)14(22)26-16(24)25-10-12-7-5-4-6-8-12/h4-8,13H,9-11H2,1-3H3/t13-/m0/s1. The van der Waals surface area contributed by atoms with Crippen LogP contribution in [0, 0.1) is 0 Å². The van der Waals surface area contributed by atoms with E-state index >= 15 is 0 Å². The van der Waals surface area contributed by atoms with E-state index in [9.17, 15) is 23.2 Å². The highest BCUT2D eigenvalue weighted by Crippen LogP contribution is 2.33. The summed E-state index contributed by atoms with van der Waals surface area (Å²) in [6.07, 6.45) is -3.38. The number of carbonyl (C=O) groups excluding carboxylic acids is 3. The number of ether oxygens (including phenoxy) is 3. The van der Waals surface area contributed by atoms with E-state index in [2.05, 4.69) is 4.74 Å². The number of alkyl halides is 2. The zero-order valence-corrected chi connectivity index (χ0v) is 15.2. The second-order valence-corrected chi connectivity index (χ2v) is 7.13. The van der Waals surface area contributed by atoms with Crippen LogP contribution in [0.2, 0.25) is 0 Å². The molecule has 0 saturated carbocycles. The van der Waals surface area contributed by atoms with Crippen LogP contribution in [0.5, 0.6) is 0 Å². The lowest BCUT2D eigenvalue weighted by molar-refractivity contribution is -0.145.